The Kier molecular flexibility index (Phi) is 6.26. The molecule has 5 nitrogen and oxygen atoms in total. The second kappa shape index (κ2) is 8.67. The highest BCUT2D eigenvalue weighted by molar-refractivity contribution is 9.11. The van der Waals surface area contributed by atoms with Crippen LogP contribution in [0.2, 0.25) is 0 Å². The number of amides is 1. The summed E-state index contributed by atoms with van der Waals surface area (Å²) in [6.45, 7) is 1.84. The zero-order valence-electron chi connectivity index (χ0n) is 14.9. The van der Waals surface area contributed by atoms with Crippen LogP contribution in [-0.4, -0.2) is 23.0 Å². The number of halogens is 2. The van der Waals surface area contributed by atoms with E-state index in [1.807, 2.05) is 49.4 Å². The smallest absolute Gasteiger partial charge is 0.307 e. The topological polar surface area (TPSA) is 78.8 Å². The first-order chi connectivity index (χ1) is 13.4. The van der Waals surface area contributed by atoms with Gasteiger partial charge in [-0.1, -0.05) is 58.4 Å². The lowest BCUT2D eigenvalue weighted by Crippen LogP contribution is -2.28. The molecular weight excluding hydrogens is 488 g/mol. The number of benzene rings is 3. The van der Waals surface area contributed by atoms with Crippen LogP contribution in [0.3, 0.4) is 0 Å². The minimum atomic E-state index is -0.811. The number of carbonyl (C=O) groups is 2. The van der Waals surface area contributed by atoms with Crippen LogP contribution in [0.25, 0.3) is 10.8 Å². The van der Waals surface area contributed by atoms with Crippen molar-refractivity contribution < 1.29 is 14.7 Å². The molecule has 0 spiro atoms. The van der Waals surface area contributed by atoms with Gasteiger partial charge in [-0.05, 0) is 50.8 Å². The molecule has 3 aromatic carbocycles. The quantitative estimate of drug-likeness (QED) is 0.302. The van der Waals surface area contributed by atoms with Crippen molar-refractivity contribution in [3.8, 4) is 5.75 Å². The molecule has 0 aliphatic rings. The Morgan fingerprint density at radius 3 is 2.57 bits per heavy atom. The molecular formula is C21H16Br2N2O3. The fourth-order valence-corrected chi connectivity index (χ4v) is 3.81. The number of rotatable bonds is 5. The van der Waals surface area contributed by atoms with Crippen LogP contribution in [0.15, 0.2) is 62.6 Å². The van der Waals surface area contributed by atoms with E-state index in [4.69, 9.17) is 0 Å². The van der Waals surface area contributed by atoms with Gasteiger partial charge in [0.2, 0.25) is 5.78 Å². The number of hydrogen-bond acceptors (Lipinski definition) is 4. The first kappa shape index (κ1) is 20.2. The fourth-order valence-electron chi connectivity index (χ4n) is 2.66. The summed E-state index contributed by atoms with van der Waals surface area (Å²) in [5.74, 6) is -1.40. The van der Waals surface area contributed by atoms with Crippen molar-refractivity contribution in [1.82, 2.24) is 5.43 Å². The molecule has 0 saturated heterocycles. The molecule has 0 unspecified atom stereocenters. The van der Waals surface area contributed by atoms with E-state index in [2.05, 4.69) is 42.4 Å². The van der Waals surface area contributed by atoms with Crippen LogP contribution in [0.5, 0.6) is 5.75 Å². The van der Waals surface area contributed by atoms with Crippen molar-refractivity contribution in [3.63, 3.8) is 0 Å². The minimum absolute atomic E-state index is 0.00110. The molecule has 142 valence electrons. The molecule has 2 N–H and O–H groups in total. The first-order valence-corrected chi connectivity index (χ1v) is 9.97. The number of nitrogens with zero attached hydrogens (tertiary/aromatic N) is 1. The van der Waals surface area contributed by atoms with Crippen molar-refractivity contribution in [2.45, 2.75) is 13.3 Å². The highest BCUT2D eigenvalue weighted by Gasteiger charge is 2.14. The van der Waals surface area contributed by atoms with Crippen molar-refractivity contribution in [3.05, 3.63) is 74.2 Å². The summed E-state index contributed by atoms with van der Waals surface area (Å²) in [5.41, 5.74) is 4.20. The molecule has 0 fully saturated rings. The van der Waals surface area contributed by atoms with Crippen LogP contribution in [0, 0.1) is 6.92 Å². The Morgan fingerprint density at radius 2 is 1.82 bits per heavy atom. The van der Waals surface area contributed by atoms with E-state index >= 15 is 0 Å². The van der Waals surface area contributed by atoms with Gasteiger partial charge in [0, 0.05) is 16.5 Å². The molecule has 0 aromatic heterocycles. The minimum Gasteiger partial charge on any atom is -0.506 e. The molecule has 1 amide bonds. The molecule has 0 atom stereocenters. The zero-order valence-corrected chi connectivity index (χ0v) is 18.0. The first-order valence-electron chi connectivity index (χ1n) is 8.38. The van der Waals surface area contributed by atoms with Crippen molar-refractivity contribution >= 4 is 60.5 Å². The summed E-state index contributed by atoms with van der Waals surface area (Å²) in [6, 6.07) is 15.1. The lowest BCUT2D eigenvalue weighted by Gasteiger charge is -2.07. The van der Waals surface area contributed by atoms with Crippen LogP contribution in [0.4, 0.5) is 0 Å². The SMILES string of the molecule is Cc1c(Br)cc(/C=N/NC(=O)C(=O)Cc2ccc3ccccc3c2)c(O)c1Br. The molecule has 7 heteroatoms. The van der Waals surface area contributed by atoms with Crippen molar-refractivity contribution in [2.75, 3.05) is 0 Å². The van der Waals surface area contributed by atoms with Gasteiger partial charge < -0.3 is 5.11 Å². The van der Waals surface area contributed by atoms with Gasteiger partial charge in [-0.25, -0.2) is 5.43 Å². The summed E-state index contributed by atoms with van der Waals surface area (Å²) < 4.78 is 1.30. The predicted molar refractivity (Wildman–Crippen MR) is 117 cm³/mol. The average molecular weight is 504 g/mol. The normalized spacial score (nSPS) is 11.1. The highest BCUT2D eigenvalue weighted by atomic mass is 79.9. The summed E-state index contributed by atoms with van der Waals surface area (Å²) in [4.78, 5) is 24.2. The number of hydrazone groups is 1. The number of Topliss-reactive ketones (excluding diaryl/α,β-unsaturated/α-hetero) is 1. The number of nitrogens with one attached hydrogen (secondary N) is 1. The maximum absolute atomic E-state index is 12.2. The lowest BCUT2D eigenvalue weighted by atomic mass is 10.0. The van der Waals surface area contributed by atoms with Crippen LogP contribution >= 0.6 is 31.9 Å². The average Bonchev–Trinajstić information content (AvgIpc) is 2.69. The Balaban J connectivity index is 1.66. The van der Waals surface area contributed by atoms with E-state index in [1.165, 1.54) is 6.21 Å². The van der Waals surface area contributed by atoms with E-state index in [0.29, 0.717) is 10.0 Å². The summed E-state index contributed by atoms with van der Waals surface area (Å²) in [7, 11) is 0. The Labute approximate surface area is 178 Å². The van der Waals surface area contributed by atoms with Gasteiger partial charge in [0.05, 0.1) is 10.7 Å². The molecule has 0 saturated carbocycles. The second-order valence-electron chi connectivity index (χ2n) is 6.22. The van der Waals surface area contributed by atoms with Gasteiger partial charge in [0.25, 0.3) is 0 Å². The number of aromatic hydroxyl groups is 1. The Morgan fingerprint density at radius 1 is 1.11 bits per heavy atom. The van der Waals surface area contributed by atoms with Crippen LogP contribution in [0.1, 0.15) is 16.7 Å². The largest absolute Gasteiger partial charge is 0.506 e. The molecule has 3 rings (SSSR count). The third-order valence-electron chi connectivity index (χ3n) is 4.25. The fraction of sp³-hybridized carbons (Fsp3) is 0.0952. The second-order valence-corrected chi connectivity index (χ2v) is 7.86. The molecule has 0 aliphatic heterocycles. The maximum atomic E-state index is 12.2. The van der Waals surface area contributed by atoms with Gasteiger partial charge in [0.15, 0.2) is 0 Å². The number of phenols is 1. The highest BCUT2D eigenvalue weighted by Crippen LogP contribution is 2.35. The maximum Gasteiger partial charge on any atom is 0.307 e. The predicted octanol–water partition coefficient (Wildman–Crippen LogP) is 4.64. The Hall–Kier alpha value is -2.51. The zero-order chi connectivity index (χ0) is 20.3. The van der Waals surface area contributed by atoms with Crippen LogP contribution in [-0.2, 0) is 16.0 Å². The molecule has 28 heavy (non-hydrogen) atoms. The standard InChI is InChI=1S/C21H16Br2N2O3/c1-12-17(22)10-16(20(27)19(12)23)11-24-25-21(28)18(26)9-13-6-7-14-4-2-3-5-15(14)8-13/h2-8,10-11,27H,9H2,1H3,(H,25,28)/b24-11+. The summed E-state index contributed by atoms with van der Waals surface area (Å²) >= 11 is 6.68. The van der Waals surface area contributed by atoms with E-state index in [1.54, 1.807) is 6.07 Å². The number of hydrogen-bond donors (Lipinski definition) is 2. The Bertz CT molecular complexity index is 1110. The number of fused-ring (bicyclic) bond motifs is 1. The molecule has 0 aliphatic carbocycles. The van der Waals surface area contributed by atoms with Gasteiger partial charge in [-0.2, -0.15) is 5.10 Å². The summed E-state index contributed by atoms with van der Waals surface area (Å²) in [6.07, 6.45) is 1.27. The number of ketones is 1. The van der Waals surface area contributed by atoms with Gasteiger partial charge in [-0.15, -0.1) is 0 Å². The van der Waals surface area contributed by atoms with Crippen molar-refractivity contribution in [1.29, 1.82) is 0 Å². The molecule has 3 aromatic rings. The third kappa shape index (κ3) is 4.48. The number of carbonyl (C=O) groups excluding carboxylic acids is 2. The van der Waals surface area contributed by atoms with Gasteiger partial charge >= 0.3 is 5.91 Å². The van der Waals surface area contributed by atoms with Gasteiger partial charge in [-0.3, -0.25) is 9.59 Å². The van der Waals surface area contributed by atoms with Crippen LogP contribution < -0.4 is 5.43 Å². The molecule has 0 heterocycles. The van der Waals surface area contributed by atoms with Gasteiger partial charge in [0.1, 0.15) is 5.75 Å². The summed E-state index contributed by atoms with van der Waals surface area (Å²) in [5, 5.41) is 16.0. The molecule has 0 radical (unpaired) electrons. The van der Waals surface area contributed by atoms with E-state index in [-0.39, 0.29) is 12.2 Å². The van der Waals surface area contributed by atoms with Crippen molar-refractivity contribution in [2.24, 2.45) is 5.10 Å². The van der Waals surface area contributed by atoms with E-state index in [0.717, 1.165) is 26.4 Å². The van der Waals surface area contributed by atoms with E-state index < -0.39 is 11.7 Å². The van der Waals surface area contributed by atoms with E-state index in [9.17, 15) is 14.7 Å². The number of phenolic OH excluding ortho intramolecular Hbond substituents is 1. The third-order valence-corrected chi connectivity index (χ3v) is 6.05. The molecule has 0 bridgehead atoms. The monoisotopic (exact) mass is 502 g/mol. The lowest BCUT2D eigenvalue weighted by molar-refractivity contribution is -0.137.